The van der Waals surface area contributed by atoms with Crippen LogP contribution in [-0.4, -0.2) is 54.0 Å². The number of methoxy groups -OCH3 is 1. The zero-order valence-corrected chi connectivity index (χ0v) is 24.9. The molecule has 2 atom stereocenters. The minimum absolute atomic E-state index is 0.197. The fourth-order valence-electron chi connectivity index (χ4n) is 5.29. The number of carbonyl (C=O) groups is 3. The third kappa shape index (κ3) is 5.94. The summed E-state index contributed by atoms with van der Waals surface area (Å²) in [5.74, 6) is -1.41. The average Bonchev–Trinajstić information content (AvgIpc) is 3.47. The maximum Gasteiger partial charge on any atom is 0.337 e. The Morgan fingerprint density at radius 1 is 1.07 bits per heavy atom. The molecule has 1 fully saturated rings. The van der Waals surface area contributed by atoms with Crippen LogP contribution in [0.25, 0.3) is 10.4 Å². The Morgan fingerprint density at radius 3 is 2.33 bits per heavy atom. The van der Waals surface area contributed by atoms with Crippen LogP contribution < -0.4 is 5.32 Å². The molecule has 1 aliphatic heterocycles. The summed E-state index contributed by atoms with van der Waals surface area (Å²) < 4.78 is 4.90. The lowest BCUT2D eigenvalue weighted by Gasteiger charge is -2.51. The van der Waals surface area contributed by atoms with Gasteiger partial charge in [0.15, 0.2) is 0 Å². The van der Waals surface area contributed by atoms with E-state index in [1.807, 2.05) is 57.3 Å². The molecule has 0 aliphatic carbocycles. The van der Waals surface area contributed by atoms with Crippen LogP contribution in [0, 0.1) is 11.3 Å². The van der Waals surface area contributed by atoms with E-state index in [1.165, 1.54) is 24.5 Å². The molecule has 2 heterocycles. The topological polar surface area (TPSA) is 95.9 Å². The summed E-state index contributed by atoms with van der Waals surface area (Å²) in [4.78, 5) is 42.3. The first-order chi connectivity index (χ1) is 18.9. The lowest BCUT2D eigenvalue weighted by Crippen LogP contribution is -2.60. The van der Waals surface area contributed by atoms with Gasteiger partial charge in [-0.05, 0) is 65.2 Å². The predicted molar refractivity (Wildman–Crippen MR) is 158 cm³/mol. The monoisotopic (exact) mass is 582 g/mol. The standard InChI is InChI=1S/C31H35ClN2O5S/c1-19(2)26(28(36)34-13-12-31(38,30(3,4)18-34)23-8-10-24(32)11-9-23)33-27(35)21-15-20(25-7-6-14-40-25)16-22(17-21)29(37)39-5/h6-11,14-17,19,26,38H,12-13,18H2,1-5H3,(H,33,35)/t26-,31+/m1/s1. The van der Waals surface area contributed by atoms with Crippen LogP contribution in [0.3, 0.4) is 0 Å². The van der Waals surface area contributed by atoms with E-state index in [-0.39, 0.29) is 23.0 Å². The van der Waals surface area contributed by atoms with Crippen molar-refractivity contribution < 1.29 is 24.2 Å². The predicted octanol–water partition coefficient (Wildman–Crippen LogP) is 5.76. The first-order valence-corrected chi connectivity index (χ1v) is 14.5. The highest BCUT2D eigenvalue weighted by atomic mass is 35.5. The van der Waals surface area contributed by atoms with Gasteiger partial charge in [-0.1, -0.05) is 57.5 Å². The van der Waals surface area contributed by atoms with E-state index in [9.17, 15) is 19.5 Å². The highest BCUT2D eigenvalue weighted by Gasteiger charge is 2.50. The number of amides is 2. The van der Waals surface area contributed by atoms with E-state index < -0.39 is 28.9 Å². The van der Waals surface area contributed by atoms with Crippen molar-refractivity contribution in [2.75, 3.05) is 20.2 Å². The van der Waals surface area contributed by atoms with Crippen molar-refractivity contribution in [3.63, 3.8) is 0 Å². The molecule has 2 aromatic carbocycles. The molecule has 1 aromatic heterocycles. The molecule has 0 saturated carbocycles. The summed E-state index contributed by atoms with van der Waals surface area (Å²) in [6.07, 6.45) is 0.345. The van der Waals surface area contributed by atoms with Crippen LogP contribution in [0.15, 0.2) is 60.0 Å². The number of hydrogen-bond donors (Lipinski definition) is 2. The zero-order chi connectivity index (χ0) is 29.2. The molecule has 40 heavy (non-hydrogen) atoms. The van der Waals surface area contributed by atoms with E-state index in [4.69, 9.17) is 16.3 Å². The lowest BCUT2D eigenvalue weighted by molar-refractivity contribution is -0.155. The Hall–Kier alpha value is -3.20. The molecule has 0 spiro atoms. The molecule has 212 valence electrons. The molecule has 2 N–H and O–H groups in total. The number of ether oxygens (including phenoxy) is 1. The van der Waals surface area contributed by atoms with Crippen molar-refractivity contribution in [2.45, 2.75) is 45.8 Å². The first-order valence-electron chi connectivity index (χ1n) is 13.2. The number of rotatable bonds is 7. The van der Waals surface area contributed by atoms with E-state index in [0.29, 0.717) is 24.5 Å². The third-order valence-corrected chi connectivity index (χ3v) is 8.89. The molecule has 9 heteroatoms. The Bertz CT molecular complexity index is 1390. The van der Waals surface area contributed by atoms with Gasteiger partial charge in [-0.15, -0.1) is 11.3 Å². The minimum atomic E-state index is -1.14. The molecular formula is C31H35ClN2O5S. The molecular weight excluding hydrogens is 548 g/mol. The highest BCUT2D eigenvalue weighted by Crippen LogP contribution is 2.46. The zero-order valence-electron chi connectivity index (χ0n) is 23.4. The number of hydrogen-bond acceptors (Lipinski definition) is 6. The fourth-order valence-corrected chi connectivity index (χ4v) is 6.13. The van der Waals surface area contributed by atoms with Crippen molar-refractivity contribution in [2.24, 2.45) is 11.3 Å². The molecule has 1 saturated heterocycles. The van der Waals surface area contributed by atoms with Crippen LogP contribution >= 0.6 is 22.9 Å². The lowest BCUT2D eigenvalue weighted by atomic mass is 9.66. The van der Waals surface area contributed by atoms with Gasteiger partial charge in [-0.2, -0.15) is 0 Å². The molecule has 0 bridgehead atoms. The minimum Gasteiger partial charge on any atom is -0.465 e. The molecule has 0 unspecified atom stereocenters. The SMILES string of the molecule is COC(=O)c1cc(C(=O)N[C@@H](C(=O)N2CC[C@](O)(c3ccc(Cl)cc3)C(C)(C)C2)C(C)C)cc(-c2cccs2)c1. The van der Waals surface area contributed by atoms with Gasteiger partial charge < -0.3 is 20.1 Å². The molecule has 7 nitrogen and oxygen atoms in total. The Kier molecular flexibility index (Phi) is 8.73. The Morgan fingerprint density at radius 2 is 1.75 bits per heavy atom. The first kappa shape index (κ1) is 29.8. The summed E-state index contributed by atoms with van der Waals surface area (Å²) >= 11 is 7.55. The summed E-state index contributed by atoms with van der Waals surface area (Å²) in [5, 5.41) is 17.1. The van der Waals surface area contributed by atoms with E-state index in [2.05, 4.69) is 5.32 Å². The van der Waals surface area contributed by atoms with Crippen LogP contribution in [0.4, 0.5) is 0 Å². The second kappa shape index (κ2) is 11.7. The summed E-state index contributed by atoms with van der Waals surface area (Å²) in [6, 6.07) is 15.1. The highest BCUT2D eigenvalue weighted by molar-refractivity contribution is 7.13. The second-order valence-electron chi connectivity index (χ2n) is 11.2. The van der Waals surface area contributed by atoms with Gasteiger partial charge >= 0.3 is 5.97 Å². The van der Waals surface area contributed by atoms with Gasteiger partial charge in [-0.3, -0.25) is 9.59 Å². The smallest absolute Gasteiger partial charge is 0.337 e. The van der Waals surface area contributed by atoms with Gasteiger partial charge in [0.25, 0.3) is 5.91 Å². The average molecular weight is 583 g/mol. The molecule has 2 amide bonds. The number of halogens is 1. The maximum absolute atomic E-state index is 13.8. The molecule has 1 aliphatic rings. The number of nitrogens with one attached hydrogen (secondary N) is 1. The second-order valence-corrected chi connectivity index (χ2v) is 12.6. The number of benzene rings is 2. The van der Waals surface area contributed by atoms with Crippen molar-refractivity contribution in [3.05, 3.63) is 81.7 Å². The maximum atomic E-state index is 13.8. The normalized spacial score (nSPS) is 19.2. The van der Waals surface area contributed by atoms with Crippen LogP contribution in [-0.2, 0) is 15.1 Å². The van der Waals surface area contributed by atoms with Gasteiger partial charge in [0, 0.05) is 34.0 Å². The third-order valence-electron chi connectivity index (χ3n) is 7.72. The van der Waals surface area contributed by atoms with Gasteiger partial charge in [0.2, 0.25) is 5.91 Å². The van der Waals surface area contributed by atoms with Gasteiger partial charge in [-0.25, -0.2) is 4.79 Å². The van der Waals surface area contributed by atoms with Crippen molar-refractivity contribution in [3.8, 4) is 10.4 Å². The number of piperidine rings is 1. The summed E-state index contributed by atoms with van der Waals surface area (Å²) in [7, 11) is 1.29. The van der Waals surface area contributed by atoms with Crippen LogP contribution in [0.1, 0.15) is 60.4 Å². The number of aliphatic hydroxyl groups is 1. The molecule has 3 aromatic rings. The largest absolute Gasteiger partial charge is 0.465 e. The van der Waals surface area contributed by atoms with Crippen molar-refractivity contribution in [1.29, 1.82) is 0 Å². The quantitative estimate of drug-likeness (QED) is 0.346. The van der Waals surface area contributed by atoms with Crippen LogP contribution in [0.2, 0.25) is 5.02 Å². The van der Waals surface area contributed by atoms with Crippen molar-refractivity contribution in [1.82, 2.24) is 10.2 Å². The Labute approximate surface area is 244 Å². The van der Waals surface area contributed by atoms with Gasteiger partial charge in [0.05, 0.1) is 18.3 Å². The molecule has 4 rings (SSSR count). The summed E-state index contributed by atoms with van der Waals surface area (Å²) in [5.41, 5.74) is 0.193. The Balaban J connectivity index is 1.56. The number of nitrogens with zero attached hydrogens (tertiary/aromatic N) is 1. The number of thiophene rings is 1. The van der Waals surface area contributed by atoms with E-state index in [1.54, 1.807) is 29.2 Å². The molecule has 0 radical (unpaired) electrons. The van der Waals surface area contributed by atoms with Crippen LogP contribution in [0.5, 0.6) is 0 Å². The number of carbonyl (C=O) groups excluding carboxylic acids is 3. The van der Waals surface area contributed by atoms with E-state index in [0.717, 1.165) is 16.0 Å². The van der Waals surface area contributed by atoms with E-state index >= 15 is 0 Å². The van der Waals surface area contributed by atoms with Gasteiger partial charge in [0.1, 0.15) is 6.04 Å². The fraction of sp³-hybridized carbons (Fsp3) is 0.387. The van der Waals surface area contributed by atoms with Crippen molar-refractivity contribution >= 4 is 40.7 Å². The number of likely N-dealkylation sites (tertiary alicyclic amines) is 1. The summed E-state index contributed by atoms with van der Waals surface area (Å²) in [6.45, 7) is 8.28. The number of esters is 1.